The number of hydrogen-bond acceptors (Lipinski definition) is 5. The molecule has 2 heterocycles. The summed E-state index contributed by atoms with van der Waals surface area (Å²) >= 11 is 0. The molecule has 1 aromatic carbocycles. The van der Waals surface area contributed by atoms with Crippen LogP contribution >= 0.6 is 0 Å². The topological polar surface area (TPSA) is 68.5 Å². The number of carbonyl (C=O) groups is 1. The molecule has 3 rings (SSSR count). The van der Waals surface area contributed by atoms with Gasteiger partial charge >= 0.3 is 0 Å². The van der Waals surface area contributed by atoms with Crippen molar-refractivity contribution < 1.29 is 13.9 Å². The van der Waals surface area contributed by atoms with Gasteiger partial charge in [0.2, 0.25) is 17.7 Å². The lowest BCUT2D eigenvalue weighted by Crippen LogP contribution is -2.44. The normalized spacial score (nSPS) is 18.2. The van der Waals surface area contributed by atoms with Crippen LogP contribution < -0.4 is 0 Å². The smallest absolute Gasteiger partial charge is 0.241 e. The van der Waals surface area contributed by atoms with E-state index in [4.69, 9.17) is 9.15 Å². The van der Waals surface area contributed by atoms with Gasteiger partial charge in [-0.1, -0.05) is 38.1 Å². The average Bonchev–Trinajstić information content (AvgIpc) is 3.07. The summed E-state index contributed by atoms with van der Waals surface area (Å²) < 4.78 is 11.3. The molecular formula is C18H23N3O3. The molecule has 0 aliphatic carbocycles. The van der Waals surface area contributed by atoms with Gasteiger partial charge in [-0.3, -0.25) is 4.79 Å². The molecule has 2 aromatic rings. The molecule has 1 atom stereocenters. The summed E-state index contributed by atoms with van der Waals surface area (Å²) in [6.45, 7) is 7.47. The first-order chi connectivity index (χ1) is 11.6. The van der Waals surface area contributed by atoms with Crippen molar-refractivity contribution in [3.63, 3.8) is 0 Å². The van der Waals surface area contributed by atoms with Crippen LogP contribution in [0.4, 0.5) is 0 Å². The van der Waals surface area contributed by atoms with Crippen LogP contribution in [0.5, 0.6) is 0 Å². The number of carbonyl (C=O) groups excluding carboxylic acids is 1. The van der Waals surface area contributed by atoms with Gasteiger partial charge < -0.3 is 14.1 Å². The molecule has 6 heteroatoms. The van der Waals surface area contributed by atoms with E-state index in [2.05, 4.69) is 10.2 Å². The summed E-state index contributed by atoms with van der Waals surface area (Å²) in [6.07, 6.45) is 0.369. The molecule has 1 amide bonds. The fourth-order valence-electron chi connectivity index (χ4n) is 2.79. The maximum absolute atomic E-state index is 12.8. The van der Waals surface area contributed by atoms with Crippen LogP contribution in [0.2, 0.25) is 0 Å². The van der Waals surface area contributed by atoms with E-state index >= 15 is 0 Å². The molecule has 24 heavy (non-hydrogen) atoms. The Kier molecular flexibility index (Phi) is 4.94. The number of nitrogens with zero attached hydrogens (tertiary/aromatic N) is 3. The van der Waals surface area contributed by atoms with Gasteiger partial charge in [-0.05, 0) is 18.1 Å². The number of ether oxygens (including phenoxy) is 1. The van der Waals surface area contributed by atoms with Crippen molar-refractivity contribution in [2.24, 2.45) is 0 Å². The molecule has 0 spiro atoms. The Morgan fingerprint density at radius 3 is 2.83 bits per heavy atom. The van der Waals surface area contributed by atoms with E-state index in [9.17, 15) is 4.79 Å². The molecule has 1 aliphatic heterocycles. The average molecular weight is 329 g/mol. The zero-order chi connectivity index (χ0) is 17.1. The SMILES string of the molecule is Cc1ccccc1CC(=O)N1CCOCC1c1nnc(C(C)C)o1. The first kappa shape index (κ1) is 16.6. The molecule has 1 saturated heterocycles. The van der Waals surface area contributed by atoms with E-state index in [1.807, 2.05) is 45.0 Å². The summed E-state index contributed by atoms with van der Waals surface area (Å²) in [4.78, 5) is 14.6. The van der Waals surface area contributed by atoms with Crippen LogP contribution in [-0.4, -0.2) is 40.8 Å². The number of aromatic nitrogens is 2. The Labute approximate surface area is 141 Å². The fraction of sp³-hybridized carbons (Fsp3) is 0.500. The van der Waals surface area contributed by atoms with Crippen molar-refractivity contribution in [2.75, 3.05) is 19.8 Å². The number of amides is 1. The van der Waals surface area contributed by atoms with Crippen molar-refractivity contribution in [1.29, 1.82) is 0 Å². The largest absolute Gasteiger partial charge is 0.423 e. The third-order valence-corrected chi connectivity index (χ3v) is 4.29. The second-order valence-corrected chi connectivity index (χ2v) is 6.41. The number of benzene rings is 1. The maximum atomic E-state index is 12.8. The zero-order valence-electron chi connectivity index (χ0n) is 14.4. The summed E-state index contributed by atoms with van der Waals surface area (Å²) in [6, 6.07) is 7.64. The van der Waals surface area contributed by atoms with E-state index in [0.29, 0.717) is 38.0 Å². The first-order valence-electron chi connectivity index (χ1n) is 8.31. The summed E-state index contributed by atoms with van der Waals surface area (Å²) in [5.41, 5.74) is 2.16. The van der Waals surface area contributed by atoms with Crippen LogP contribution in [0.25, 0.3) is 0 Å². The highest BCUT2D eigenvalue weighted by Crippen LogP contribution is 2.26. The van der Waals surface area contributed by atoms with Crippen LogP contribution in [-0.2, 0) is 16.0 Å². The number of aryl methyl sites for hydroxylation is 1. The lowest BCUT2D eigenvalue weighted by atomic mass is 10.0. The molecule has 0 radical (unpaired) electrons. The van der Waals surface area contributed by atoms with Crippen molar-refractivity contribution in [3.05, 3.63) is 47.2 Å². The fourth-order valence-corrected chi connectivity index (χ4v) is 2.79. The zero-order valence-corrected chi connectivity index (χ0v) is 14.4. The Morgan fingerprint density at radius 2 is 2.12 bits per heavy atom. The molecule has 0 N–H and O–H groups in total. The van der Waals surface area contributed by atoms with Crippen LogP contribution in [0, 0.1) is 6.92 Å². The second-order valence-electron chi connectivity index (χ2n) is 6.41. The van der Waals surface area contributed by atoms with Crippen molar-refractivity contribution in [3.8, 4) is 0 Å². The monoisotopic (exact) mass is 329 g/mol. The molecule has 0 saturated carbocycles. The third-order valence-electron chi connectivity index (χ3n) is 4.29. The van der Waals surface area contributed by atoms with Gasteiger partial charge in [-0.15, -0.1) is 10.2 Å². The van der Waals surface area contributed by atoms with Gasteiger partial charge in [0, 0.05) is 12.5 Å². The Balaban J connectivity index is 1.78. The molecule has 6 nitrogen and oxygen atoms in total. The minimum absolute atomic E-state index is 0.0573. The van der Waals surface area contributed by atoms with Gasteiger partial charge in [-0.25, -0.2) is 0 Å². The number of hydrogen-bond donors (Lipinski definition) is 0. The van der Waals surface area contributed by atoms with Crippen LogP contribution in [0.15, 0.2) is 28.7 Å². The molecular weight excluding hydrogens is 306 g/mol. The van der Waals surface area contributed by atoms with Gasteiger partial charge in [-0.2, -0.15) is 0 Å². The maximum Gasteiger partial charge on any atom is 0.241 e. The standard InChI is InChI=1S/C18H23N3O3/c1-12(2)17-19-20-18(24-17)15-11-23-9-8-21(15)16(22)10-14-7-5-4-6-13(14)3/h4-7,12,15H,8-11H2,1-3H3. The lowest BCUT2D eigenvalue weighted by molar-refractivity contribution is -0.140. The quantitative estimate of drug-likeness (QED) is 0.862. The van der Waals surface area contributed by atoms with Gasteiger partial charge in [0.25, 0.3) is 0 Å². The van der Waals surface area contributed by atoms with Crippen molar-refractivity contribution >= 4 is 5.91 Å². The van der Waals surface area contributed by atoms with E-state index in [1.54, 1.807) is 4.90 Å². The highest BCUT2D eigenvalue weighted by Gasteiger charge is 2.33. The molecule has 0 bridgehead atoms. The van der Waals surface area contributed by atoms with Crippen LogP contribution in [0.1, 0.15) is 48.7 Å². The third kappa shape index (κ3) is 3.48. The number of morpholine rings is 1. The molecule has 1 aliphatic rings. The molecule has 1 aromatic heterocycles. The molecule has 128 valence electrons. The first-order valence-corrected chi connectivity index (χ1v) is 8.31. The highest BCUT2D eigenvalue weighted by molar-refractivity contribution is 5.79. The van der Waals surface area contributed by atoms with E-state index in [1.165, 1.54) is 0 Å². The van der Waals surface area contributed by atoms with E-state index < -0.39 is 0 Å². The van der Waals surface area contributed by atoms with E-state index in [0.717, 1.165) is 11.1 Å². The predicted octanol–water partition coefficient (Wildman–Crippen LogP) is 2.64. The summed E-state index contributed by atoms with van der Waals surface area (Å²) in [5.74, 6) is 1.26. The van der Waals surface area contributed by atoms with Crippen molar-refractivity contribution in [2.45, 2.75) is 39.2 Å². The van der Waals surface area contributed by atoms with E-state index in [-0.39, 0.29) is 17.9 Å². The van der Waals surface area contributed by atoms with Gasteiger partial charge in [0.1, 0.15) is 6.04 Å². The lowest BCUT2D eigenvalue weighted by Gasteiger charge is -2.33. The Hall–Kier alpha value is -2.21. The van der Waals surface area contributed by atoms with Gasteiger partial charge in [0.05, 0.1) is 19.6 Å². The Bertz CT molecular complexity index is 711. The van der Waals surface area contributed by atoms with Crippen molar-refractivity contribution in [1.82, 2.24) is 15.1 Å². The minimum Gasteiger partial charge on any atom is -0.423 e. The molecule has 1 fully saturated rings. The summed E-state index contributed by atoms with van der Waals surface area (Å²) in [5, 5.41) is 8.20. The Morgan fingerprint density at radius 1 is 1.33 bits per heavy atom. The highest BCUT2D eigenvalue weighted by atomic mass is 16.5. The predicted molar refractivity (Wildman–Crippen MR) is 88.5 cm³/mol. The minimum atomic E-state index is -0.310. The summed E-state index contributed by atoms with van der Waals surface area (Å²) in [7, 11) is 0. The molecule has 1 unspecified atom stereocenters. The number of rotatable bonds is 4. The van der Waals surface area contributed by atoms with Crippen LogP contribution in [0.3, 0.4) is 0 Å². The van der Waals surface area contributed by atoms with Gasteiger partial charge in [0.15, 0.2) is 0 Å². The second kappa shape index (κ2) is 7.13.